The summed E-state index contributed by atoms with van der Waals surface area (Å²) in [5.41, 5.74) is 2.30. The van der Waals surface area contributed by atoms with E-state index in [0.717, 1.165) is 11.1 Å². The number of Topliss-reactive ketones (excluding diaryl/α,β-unsaturated/α-hetero) is 1. The third kappa shape index (κ3) is 1.20. The highest BCUT2D eigenvalue weighted by Crippen LogP contribution is 2.09. The molecule has 0 aliphatic carbocycles. The monoisotopic (exact) mass is 175 g/mol. The van der Waals surface area contributed by atoms with Gasteiger partial charge >= 0.3 is 0 Å². The minimum absolute atomic E-state index is 0.0550. The van der Waals surface area contributed by atoms with Crippen LogP contribution in [0.2, 0.25) is 0 Å². The number of carbonyl (C=O) groups is 1. The average molecular weight is 175 g/mol. The van der Waals surface area contributed by atoms with Crippen molar-refractivity contribution in [2.24, 2.45) is 0 Å². The van der Waals surface area contributed by atoms with E-state index in [1.54, 1.807) is 10.7 Å². The van der Waals surface area contributed by atoms with Crippen molar-refractivity contribution in [3.8, 4) is 0 Å². The van der Waals surface area contributed by atoms with Crippen LogP contribution in [0.4, 0.5) is 0 Å². The molecule has 0 saturated heterocycles. The van der Waals surface area contributed by atoms with Gasteiger partial charge in [0.2, 0.25) is 0 Å². The van der Waals surface area contributed by atoms with E-state index in [0.29, 0.717) is 5.69 Å². The number of hydrogen-bond donors (Lipinski definition) is 0. The van der Waals surface area contributed by atoms with Gasteiger partial charge in [-0.1, -0.05) is 5.21 Å². The number of aromatic nitrogens is 3. The van der Waals surface area contributed by atoms with Crippen LogP contribution in [0.15, 0.2) is 18.3 Å². The molecule has 0 atom stereocenters. The van der Waals surface area contributed by atoms with E-state index in [1.807, 2.05) is 19.1 Å². The van der Waals surface area contributed by atoms with Crippen LogP contribution < -0.4 is 0 Å². The first-order valence-electron chi connectivity index (χ1n) is 4.01. The Morgan fingerprint density at radius 3 is 3.00 bits per heavy atom. The first-order valence-corrected chi connectivity index (χ1v) is 4.01. The van der Waals surface area contributed by atoms with Gasteiger partial charge in [0, 0.05) is 13.1 Å². The molecule has 4 heteroatoms. The smallest absolute Gasteiger partial charge is 0.182 e. The molecule has 0 unspecified atom stereocenters. The van der Waals surface area contributed by atoms with Gasteiger partial charge in [0.15, 0.2) is 11.5 Å². The lowest BCUT2D eigenvalue weighted by atomic mass is 10.2. The van der Waals surface area contributed by atoms with E-state index < -0.39 is 0 Å². The third-order valence-electron chi connectivity index (χ3n) is 1.91. The molecule has 2 aromatic rings. The molecule has 0 N–H and O–H groups in total. The zero-order valence-electron chi connectivity index (χ0n) is 7.48. The predicted molar refractivity (Wildman–Crippen MR) is 47.7 cm³/mol. The Kier molecular flexibility index (Phi) is 1.62. The summed E-state index contributed by atoms with van der Waals surface area (Å²) in [6, 6.07) is 3.82. The third-order valence-corrected chi connectivity index (χ3v) is 1.91. The Morgan fingerprint density at radius 1 is 1.54 bits per heavy atom. The number of pyridine rings is 1. The molecule has 2 aromatic heterocycles. The molecule has 0 fully saturated rings. The summed E-state index contributed by atoms with van der Waals surface area (Å²) in [7, 11) is 0. The van der Waals surface area contributed by atoms with E-state index in [-0.39, 0.29) is 5.78 Å². The minimum Gasteiger partial charge on any atom is -0.293 e. The first kappa shape index (κ1) is 7.91. The lowest BCUT2D eigenvalue weighted by Gasteiger charge is -1.94. The van der Waals surface area contributed by atoms with Crippen molar-refractivity contribution >= 4 is 11.3 Å². The molecule has 0 bridgehead atoms. The van der Waals surface area contributed by atoms with Gasteiger partial charge in [-0.25, -0.2) is 4.52 Å². The van der Waals surface area contributed by atoms with Crippen molar-refractivity contribution in [2.75, 3.05) is 0 Å². The SMILES string of the molecule is CC(=O)c1nnn2ccc(C)cc12. The summed E-state index contributed by atoms with van der Waals surface area (Å²) < 4.78 is 1.60. The zero-order chi connectivity index (χ0) is 9.42. The lowest BCUT2D eigenvalue weighted by Crippen LogP contribution is -1.93. The van der Waals surface area contributed by atoms with Crippen LogP contribution in [0.1, 0.15) is 23.0 Å². The summed E-state index contributed by atoms with van der Waals surface area (Å²) in [6.07, 6.45) is 1.80. The largest absolute Gasteiger partial charge is 0.293 e. The number of carbonyl (C=O) groups excluding carboxylic acids is 1. The maximum absolute atomic E-state index is 11.1. The summed E-state index contributed by atoms with van der Waals surface area (Å²) in [5, 5.41) is 7.63. The van der Waals surface area contributed by atoms with E-state index in [1.165, 1.54) is 6.92 Å². The van der Waals surface area contributed by atoms with Crippen molar-refractivity contribution < 1.29 is 4.79 Å². The quantitative estimate of drug-likeness (QED) is 0.612. The molecular weight excluding hydrogens is 166 g/mol. The molecule has 2 rings (SSSR count). The van der Waals surface area contributed by atoms with Crippen LogP contribution in [0.5, 0.6) is 0 Å². The van der Waals surface area contributed by atoms with Crippen LogP contribution >= 0.6 is 0 Å². The van der Waals surface area contributed by atoms with Crippen LogP contribution in [0, 0.1) is 6.92 Å². The lowest BCUT2D eigenvalue weighted by molar-refractivity contribution is 0.101. The van der Waals surface area contributed by atoms with Gasteiger partial charge in [0.1, 0.15) is 0 Å². The number of aryl methyl sites for hydroxylation is 1. The fourth-order valence-corrected chi connectivity index (χ4v) is 1.25. The van der Waals surface area contributed by atoms with Gasteiger partial charge in [-0.2, -0.15) is 0 Å². The van der Waals surface area contributed by atoms with E-state index in [2.05, 4.69) is 10.3 Å². The van der Waals surface area contributed by atoms with Crippen LogP contribution in [0.3, 0.4) is 0 Å². The summed E-state index contributed by atoms with van der Waals surface area (Å²) in [6.45, 7) is 3.46. The van der Waals surface area contributed by atoms with Crippen molar-refractivity contribution in [3.63, 3.8) is 0 Å². The van der Waals surface area contributed by atoms with E-state index in [9.17, 15) is 4.79 Å². The summed E-state index contributed by atoms with van der Waals surface area (Å²) in [4.78, 5) is 11.1. The highest BCUT2D eigenvalue weighted by Gasteiger charge is 2.09. The topological polar surface area (TPSA) is 47.3 Å². The Bertz CT molecular complexity index is 473. The normalized spacial score (nSPS) is 10.6. The Balaban J connectivity index is 2.79. The molecule has 0 spiro atoms. The van der Waals surface area contributed by atoms with E-state index >= 15 is 0 Å². The summed E-state index contributed by atoms with van der Waals surface area (Å²) >= 11 is 0. The molecule has 0 amide bonds. The standard InChI is InChI=1S/C9H9N3O/c1-6-3-4-12-8(5-6)9(7(2)13)10-11-12/h3-5H,1-2H3. The molecule has 0 aliphatic heterocycles. The van der Waals surface area contributed by atoms with Crippen LogP contribution in [-0.4, -0.2) is 20.6 Å². The van der Waals surface area contributed by atoms with Gasteiger partial charge in [-0.3, -0.25) is 4.79 Å². The second-order valence-electron chi connectivity index (χ2n) is 3.03. The molecule has 0 radical (unpaired) electrons. The van der Waals surface area contributed by atoms with Crippen molar-refractivity contribution in [1.82, 2.24) is 14.8 Å². The molecule has 2 heterocycles. The Labute approximate surface area is 75.2 Å². The molecule has 13 heavy (non-hydrogen) atoms. The molecule has 66 valence electrons. The first-order chi connectivity index (χ1) is 6.18. The van der Waals surface area contributed by atoms with Gasteiger partial charge < -0.3 is 0 Å². The van der Waals surface area contributed by atoms with Crippen molar-refractivity contribution in [2.45, 2.75) is 13.8 Å². The van der Waals surface area contributed by atoms with Gasteiger partial charge in [0.05, 0.1) is 5.52 Å². The average Bonchev–Trinajstić information content (AvgIpc) is 2.46. The van der Waals surface area contributed by atoms with Crippen molar-refractivity contribution in [1.29, 1.82) is 0 Å². The van der Waals surface area contributed by atoms with Crippen LogP contribution in [0.25, 0.3) is 5.52 Å². The highest BCUT2D eigenvalue weighted by atomic mass is 16.1. The number of hydrogen-bond acceptors (Lipinski definition) is 3. The molecular formula is C9H9N3O. The molecule has 0 saturated carbocycles. The van der Waals surface area contributed by atoms with E-state index in [4.69, 9.17) is 0 Å². The Hall–Kier alpha value is -1.71. The van der Waals surface area contributed by atoms with Gasteiger partial charge in [-0.15, -0.1) is 5.10 Å². The predicted octanol–water partition coefficient (Wildman–Crippen LogP) is 1.24. The highest BCUT2D eigenvalue weighted by molar-refractivity contribution is 5.98. The number of nitrogens with zero attached hydrogens (tertiary/aromatic N) is 3. The van der Waals surface area contributed by atoms with Crippen molar-refractivity contribution in [3.05, 3.63) is 29.6 Å². The Morgan fingerprint density at radius 2 is 2.31 bits per heavy atom. The summed E-state index contributed by atoms with van der Waals surface area (Å²) in [5.74, 6) is -0.0550. The van der Waals surface area contributed by atoms with Gasteiger partial charge in [0.25, 0.3) is 0 Å². The molecule has 4 nitrogen and oxygen atoms in total. The fourth-order valence-electron chi connectivity index (χ4n) is 1.25. The minimum atomic E-state index is -0.0550. The number of ketones is 1. The number of fused-ring (bicyclic) bond motifs is 1. The fraction of sp³-hybridized carbons (Fsp3) is 0.222. The zero-order valence-corrected chi connectivity index (χ0v) is 7.48. The van der Waals surface area contributed by atoms with Crippen LogP contribution in [-0.2, 0) is 0 Å². The second kappa shape index (κ2) is 2.65. The number of rotatable bonds is 1. The maximum atomic E-state index is 11.1. The second-order valence-corrected chi connectivity index (χ2v) is 3.03. The molecule has 0 aliphatic rings. The van der Waals surface area contributed by atoms with Gasteiger partial charge in [-0.05, 0) is 24.6 Å². The molecule has 0 aromatic carbocycles. The maximum Gasteiger partial charge on any atom is 0.182 e.